The first-order valence-corrected chi connectivity index (χ1v) is 7.69. The Hall–Kier alpha value is -1.50. The van der Waals surface area contributed by atoms with Gasteiger partial charge in [0.05, 0.1) is 6.10 Å². The SMILES string of the molecule is CC1OB(O)c2cc(CC(=O)c3ccc(F)cc3Br)ccc21. The zero-order valence-corrected chi connectivity index (χ0v) is 13.4. The minimum atomic E-state index is -0.947. The summed E-state index contributed by atoms with van der Waals surface area (Å²) in [6, 6.07) is 9.52. The minimum absolute atomic E-state index is 0.117. The van der Waals surface area contributed by atoms with Crippen LogP contribution in [0, 0.1) is 5.82 Å². The molecule has 6 heteroatoms. The smallest absolute Gasteiger partial charge is 0.423 e. The van der Waals surface area contributed by atoms with E-state index in [9.17, 15) is 14.2 Å². The highest BCUT2D eigenvalue weighted by Crippen LogP contribution is 2.24. The molecule has 1 unspecified atom stereocenters. The molecule has 0 fully saturated rings. The van der Waals surface area contributed by atoms with Crippen molar-refractivity contribution in [2.45, 2.75) is 19.4 Å². The third-order valence-corrected chi connectivity index (χ3v) is 4.44. The molecule has 3 nitrogen and oxygen atoms in total. The molecule has 0 amide bonds. The summed E-state index contributed by atoms with van der Waals surface area (Å²) >= 11 is 3.21. The summed E-state index contributed by atoms with van der Waals surface area (Å²) in [6.45, 7) is 1.87. The van der Waals surface area contributed by atoms with Crippen molar-refractivity contribution in [3.8, 4) is 0 Å². The Labute approximate surface area is 136 Å². The lowest BCUT2D eigenvalue weighted by atomic mass is 9.78. The van der Waals surface area contributed by atoms with E-state index in [1.807, 2.05) is 19.1 Å². The minimum Gasteiger partial charge on any atom is -0.423 e. The number of benzene rings is 2. The van der Waals surface area contributed by atoms with Crippen LogP contribution < -0.4 is 5.46 Å². The van der Waals surface area contributed by atoms with Crippen LogP contribution in [0.2, 0.25) is 0 Å². The Kier molecular flexibility index (Phi) is 4.17. The van der Waals surface area contributed by atoms with Gasteiger partial charge in [-0.1, -0.05) is 18.2 Å². The van der Waals surface area contributed by atoms with Crippen molar-refractivity contribution in [1.82, 2.24) is 0 Å². The quantitative estimate of drug-likeness (QED) is 0.674. The molecule has 1 N–H and O–H groups in total. The number of hydrogen-bond donors (Lipinski definition) is 1. The van der Waals surface area contributed by atoms with Crippen LogP contribution >= 0.6 is 15.9 Å². The fourth-order valence-corrected chi connectivity index (χ4v) is 3.23. The zero-order valence-electron chi connectivity index (χ0n) is 11.8. The molecule has 1 aliphatic rings. The molecular weight excluding hydrogens is 350 g/mol. The summed E-state index contributed by atoms with van der Waals surface area (Å²) in [5.41, 5.74) is 2.87. The second-order valence-corrected chi connectivity index (χ2v) is 6.17. The van der Waals surface area contributed by atoms with E-state index >= 15 is 0 Å². The van der Waals surface area contributed by atoms with Gasteiger partial charge in [-0.3, -0.25) is 4.79 Å². The molecular formula is C16H13BBrFO3. The summed E-state index contributed by atoms with van der Waals surface area (Å²) in [7, 11) is -0.947. The second-order valence-electron chi connectivity index (χ2n) is 5.32. The lowest BCUT2D eigenvalue weighted by Crippen LogP contribution is -2.28. The summed E-state index contributed by atoms with van der Waals surface area (Å²) < 4.78 is 18.9. The van der Waals surface area contributed by atoms with Crippen LogP contribution in [0.25, 0.3) is 0 Å². The first-order valence-electron chi connectivity index (χ1n) is 6.90. The monoisotopic (exact) mass is 362 g/mol. The molecule has 1 aliphatic heterocycles. The van der Waals surface area contributed by atoms with Crippen molar-refractivity contribution >= 4 is 34.3 Å². The number of ketones is 1. The van der Waals surface area contributed by atoms with E-state index in [1.165, 1.54) is 18.2 Å². The number of hydrogen-bond acceptors (Lipinski definition) is 3. The topological polar surface area (TPSA) is 46.5 Å². The second kappa shape index (κ2) is 5.95. The highest BCUT2D eigenvalue weighted by atomic mass is 79.9. The molecule has 1 heterocycles. The van der Waals surface area contributed by atoms with Crippen LogP contribution in [0.5, 0.6) is 0 Å². The number of carbonyl (C=O) groups excluding carboxylic acids is 1. The van der Waals surface area contributed by atoms with Gasteiger partial charge in [-0.25, -0.2) is 4.39 Å². The van der Waals surface area contributed by atoms with Crippen LogP contribution in [-0.2, 0) is 11.1 Å². The number of carbonyl (C=O) groups is 1. The van der Waals surface area contributed by atoms with Crippen molar-refractivity contribution in [2.24, 2.45) is 0 Å². The van der Waals surface area contributed by atoms with E-state index in [-0.39, 0.29) is 18.3 Å². The molecule has 0 bridgehead atoms. The molecule has 112 valence electrons. The Bertz CT molecular complexity index is 750. The summed E-state index contributed by atoms with van der Waals surface area (Å²) in [6.07, 6.45) is 0.0273. The van der Waals surface area contributed by atoms with E-state index in [2.05, 4.69) is 15.9 Å². The molecule has 0 radical (unpaired) electrons. The molecule has 2 aromatic rings. The van der Waals surface area contributed by atoms with Gasteiger partial charge in [-0.2, -0.15) is 0 Å². The van der Waals surface area contributed by atoms with Crippen molar-refractivity contribution in [2.75, 3.05) is 0 Å². The van der Waals surface area contributed by atoms with Gasteiger partial charge >= 0.3 is 7.12 Å². The predicted octanol–water partition coefficient (Wildman–Crippen LogP) is 2.79. The van der Waals surface area contributed by atoms with E-state index in [1.54, 1.807) is 6.07 Å². The van der Waals surface area contributed by atoms with E-state index in [0.29, 0.717) is 15.5 Å². The maximum atomic E-state index is 13.1. The molecule has 3 rings (SSSR count). The van der Waals surface area contributed by atoms with Gasteiger partial charge in [-0.05, 0) is 57.6 Å². The van der Waals surface area contributed by atoms with E-state index in [4.69, 9.17) is 4.65 Å². The van der Waals surface area contributed by atoms with Gasteiger partial charge in [0.1, 0.15) is 5.82 Å². The van der Waals surface area contributed by atoms with Gasteiger partial charge in [0.25, 0.3) is 0 Å². The normalized spacial score (nSPS) is 16.7. The van der Waals surface area contributed by atoms with Gasteiger partial charge < -0.3 is 9.68 Å². The van der Waals surface area contributed by atoms with Crippen LogP contribution in [0.1, 0.15) is 34.5 Å². The predicted molar refractivity (Wildman–Crippen MR) is 85.7 cm³/mol. The van der Waals surface area contributed by atoms with Crippen LogP contribution in [-0.4, -0.2) is 17.9 Å². The summed E-state index contributed by atoms with van der Waals surface area (Å²) in [5.74, 6) is -0.511. The first kappa shape index (κ1) is 15.4. The van der Waals surface area contributed by atoms with Crippen molar-refractivity contribution < 1.29 is 18.9 Å². The molecule has 0 aliphatic carbocycles. The van der Waals surface area contributed by atoms with Gasteiger partial charge in [0, 0.05) is 16.5 Å². The van der Waals surface area contributed by atoms with Crippen molar-refractivity contribution in [1.29, 1.82) is 0 Å². The zero-order chi connectivity index (χ0) is 15.9. The summed E-state index contributed by atoms with van der Waals surface area (Å²) in [5, 5.41) is 9.85. The fraction of sp³-hybridized carbons (Fsp3) is 0.188. The summed E-state index contributed by atoms with van der Waals surface area (Å²) in [4.78, 5) is 12.3. The molecule has 2 aromatic carbocycles. The molecule has 0 spiro atoms. The molecule has 1 atom stereocenters. The molecule has 22 heavy (non-hydrogen) atoms. The maximum Gasteiger partial charge on any atom is 0.491 e. The maximum absolute atomic E-state index is 13.1. The van der Waals surface area contributed by atoms with Crippen LogP contribution in [0.4, 0.5) is 4.39 Å². The number of Topliss-reactive ketones (excluding diaryl/α,β-unsaturated/α-hetero) is 1. The number of fused-ring (bicyclic) bond motifs is 1. The number of rotatable bonds is 3. The fourth-order valence-electron chi connectivity index (χ4n) is 2.65. The molecule has 0 saturated heterocycles. The van der Waals surface area contributed by atoms with Crippen molar-refractivity contribution in [3.05, 3.63) is 63.4 Å². The first-order chi connectivity index (χ1) is 10.5. The van der Waals surface area contributed by atoms with Crippen LogP contribution in [0.15, 0.2) is 40.9 Å². The Morgan fingerprint density at radius 3 is 2.86 bits per heavy atom. The lowest BCUT2D eigenvalue weighted by Gasteiger charge is -2.07. The Morgan fingerprint density at radius 1 is 1.36 bits per heavy atom. The Balaban J connectivity index is 1.85. The van der Waals surface area contributed by atoms with Crippen LogP contribution in [0.3, 0.4) is 0 Å². The third-order valence-electron chi connectivity index (χ3n) is 3.78. The van der Waals surface area contributed by atoms with E-state index in [0.717, 1.165) is 11.1 Å². The highest BCUT2D eigenvalue weighted by Gasteiger charge is 2.32. The highest BCUT2D eigenvalue weighted by molar-refractivity contribution is 9.10. The van der Waals surface area contributed by atoms with E-state index < -0.39 is 12.9 Å². The average Bonchev–Trinajstić information content (AvgIpc) is 2.73. The standard InChI is InChI=1S/C16H13BBrFO3/c1-9-12-4-2-10(6-14(12)17(21)22-9)7-16(20)13-5-3-11(19)8-15(13)18/h2-6,8-9,21H,7H2,1H3. The third kappa shape index (κ3) is 2.86. The van der Waals surface area contributed by atoms with Gasteiger partial charge in [-0.15, -0.1) is 0 Å². The largest absolute Gasteiger partial charge is 0.491 e. The molecule has 0 saturated carbocycles. The van der Waals surface area contributed by atoms with Gasteiger partial charge in [0.2, 0.25) is 0 Å². The Morgan fingerprint density at radius 2 is 2.14 bits per heavy atom. The number of halogens is 2. The molecule has 0 aromatic heterocycles. The average molecular weight is 363 g/mol. The lowest BCUT2D eigenvalue weighted by molar-refractivity contribution is 0.0992. The van der Waals surface area contributed by atoms with Gasteiger partial charge in [0.15, 0.2) is 5.78 Å². The van der Waals surface area contributed by atoms with Crippen molar-refractivity contribution in [3.63, 3.8) is 0 Å².